The molecular weight excluding hydrogens is 233 g/mol. The summed E-state index contributed by atoms with van der Waals surface area (Å²) < 4.78 is 14.7. The Morgan fingerprint density at radius 3 is 2.61 bits per heavy atom. The Balaban J connectivity index is 2.39. The lowest BCUT2D eigenvalue weighted by Gasteiger charge is -2.07. The normalized spacial score (nSPS) is 10.8. The van der Waals surface area contributed by atoms with Crippen LogP contribution in [-0.4, -0.2) is 20.1 Å². The lowest BCUT2D eigenvalue weighted by atomic mass is 10.1. The summed E-state index contributed by atoms with van der Waals surface area (Å²) in [6, 6.07) is 6.15. The fourth-order valence-corrected chi connectivity index (χ4v) is 1.84. The van der Waals surface area contributed by atoms with Crippen molar-refractivity contribution in [3.8, 4) is 11.3 Å². The maximum absolute atomic E-state index is 12.9. The van der Waals surface area contributed by atoms with Crippen molar-refractivity contribution in [1.29, 1.82) is 0 Å². The first kappa shape index (κ1) is 12.7. The van der Waals surface area contributed by atoms with Crippen LogP contribution in [0.15, 0.2) is 24.3 Å². The fraction of sp³-hybridized carbons (Fsp3) is 0.385. The number of aliphatic hydroxyl groups excluding tert-OH is 1. The van der Waals surface area contributed by atoms with Gasteiger partial charge in [-0.3, -0.25) is 0 Å². The lowest BCUT2D eigenvalue weighted by Crippen LogP contribution is -2.03. The molecule has 0 fully saturated rings. The van der Waals surface area contributed by atoms with Gasteiger partial charge in [-0.15, -0.1) is 5.10 Å². The summed E-state index contributed by atoms with van der Waals surface area (Å²) in [4.78, 5) is 0. The molecule has 5 heteroatoms. The van der Waals surface area contributed by atoms with Gasteiger partial charge >= 0.3 is 0 Å². The summed E-state index contributed by atoms with van der Waals surface area (Å²) in [5.74, 6) is -0.281. The zero-order valence-electron chi connectivity index (χ0n) is 10.3. The Morgan fingerprint density at radius 1 is 1.28 bits per heavy atom. The van der Waals surface area contributed by atoms with Crippen molar-refractivity contribution in [1.82, 2.24) is 15.0 Å². The molecule has 1 aromatic carbocycles. The van der Waals surface area contributed by atoms with Crippen LogP contribution >= 0.6 is 0 Å². The molecule has 0 unspecified atom stereocenters. The van der Waals surface area contributed by atoms with Crippen molar-refractivity contribution in [2.75, 3.05) is 0 Å². The third-order valence-corrected chi connectivity index (χ3v) is 2.80. The molecule has 0 aliphatic heterocycles. The molecule has 4 nitrogen and oxygen atoms in total. The Bertz CT molecular complexity index is 507. The standard InChI is InChI=1S/C13H16FN3O/c1-2-3-8-17-13(12(9-18)15-16-17)10-4-6-11(14)7-5-10/h4-7,18H,2-3,8-9H2,1H3. The van der Waals surface area contributed by atoms with Crippen molar-refractivity contribution in [2.24, 2.45) is 0 Å². The molecule has 2 aromatic rings. The van der Waals surface area contributed by atoms with E-state index >= 15 is 0 Å². The number of aliphatic hydroxyl groups is 1. The van der Waals surface area contributed by atoms with E-state index in [1.807, 2.05) is 0 Å². The number of halogens is 1. The van der Waals surface area contributed by atoms with Gasteiger partial charge in [-0.25, -0.2) is 9.07 Å². The molecule has 1 heterocycles. The second-order valence-corrected chi connectivity index (χ2v) is 4.13. The van der Waals surface area contributed by atoms with Gasteiger partial charge in [0.05, 0.1) is 12.3 Å². The van der Waals surface area contributed by atoms with Crippen LogP contribution in [0, 0.1) is 5.82 Å². The number of hydrogen-bond donors (Lipinski definition) is 1. The van der Waals surface area contributed by atoms with E-state index in [9.17, 15) is 9.50 Å². The number of benzene rings is 1. The van der Waals surface area contributed by atoms with Gasteiger partial charge < -0.3 is 5.11 Å². The maximum atomic E-state index is 12.9. The number of unbranched alkanes of at least 4 members (excludes halogenated alkanes) is 1. The van der Waals surface area contributed by atoms with E-state index in [1.165, 1.54) is 12.1 Å². The topological polar surface area (TPSA) is 50.9 Å². The van der Waals surface area contributed by atoms with Crippen LogP contribution in [0.1, 0.15) is 25.5 Å². The summed E-state index contributed by atoms with van der Waals surface area (Å²) in [6.07, 6.45) is 2.04. The van der Waals surface area contributed by atoms with E-state index in [0.29, 0.717) is 5.69 Å². The van der Waals surface area contributed by atoms with Crippen LogP contribution in [0.25, 0.3) is 11.3 Å². The highest BCUT2D eigenvalue weighted by Gasteiger charge is 2.13. The molecule has 18 heavy (non-hydrogen) atoms. The fourth-order valence-electron chi connectivity index (χ4n) is 1.84. The van der Waals surface area contributed by atoms with Gasteiger partial charge in [0.25, 0.3) is 0 Å². The first-order valence-corrected chi connectivity index (χ1v) is 6.05. The van der Waals surface area contributed by atoms with Crippen molar-refractivity contribution >= 4 is 0 Å². The third-order valence-electron chi connectivity index (χ3n) is 2.80. The predicted octanol–water partition coefficient (Wildman–Crippen LogP) is 2.38. The molecular formula is C13H16FN3O. The summed E-state index contributed by atoms with van der Waals surface area (Å²) >= 11 is 0. The first-order chi connectivity index (χ1) is 8.76. The number of aromatic nitrogens is 3. The molecule has 96 valence electrons. The molecule has 0 amide bonds. The maximum Gasteiger partial charge on any atom is 0.123 e. The molecule has 0 saturated carbocycles. The van der Waals surface area contributed by atoms with Gasteiger partial charge in [0.1, 0.15) is 11.5 Å². The summed E-state index contributed by atoms with van der Waals surface area (Å²) in [5.41, 5.74) is 2.12. The van der Waals surface area contributed by atoms with E-state index in [2.05, 4.69) is 17.2 Å². The highest BCUT2D eigenvalue weighted by Crippen LogP contribution is 2.23. The molecule has 0 atom stereocenters. The Labute approximate surface area is 105 Å². The Kier molecular flexibility index (Phi) is 4.04. The summed E-state index contributed by atoms with van der Waals surface area (Å²) in [6.45, 7) is 2.68. The molecule has 0 aliphatic carbocycles. The van der Waals surface area contributed by atoms with Crippen molar-refractivity contribution in [3.63, 3.8) is 0 Å². The second kappa shape index (κ2) is 5.73. The van der Waals surface area contributed by atoms with Gasteiger partial charge in [0.15, 0.2) is 0 Å². The molecule has 0 aliphatic rings. The minimum atomic E-state index is -0.281. The SMILES string of the molecule is CCCCn1nnc(CO)c1-c1ccc(F)cc1. The van der Waals surface area contributed by atoms with Gasteiger partial charge in [-0.1, -0.05) is 18.6 Å². The Hall–Kier alpha value is -1.75. The van der Waals surface area contributed by atoms with Crippen LogP contribution < -0.4 is 0 Å². The van der Waals surface area contributed by atoms with Gasteiger partial charge in [-0.05, 0) is 30.7 Å². The van der Waals surface area contributed by atoms with Crippen molar-refractivity contribution in [2.45, 2.75) is 32.9 Å². The van der Waals surface area contributed by atoms with Crippen LogP contribution in [0.3, 0.4) is 0 Å². The Morgan fingerprint density at radius 2 is 2.00 bits per heavy atom. The summed E-state index contributed by atoms with van der Waals surface area (Å²) in [7, 11) is 0. The minimum Gasteiger partial charge on any atom is -0.390 e. The predicted molar refractivity (Wildman–Crippen MR) is 66.2 cm³/mol. The van der Waals surface area contributed by atoms with E-state index in [4.69, 9.17) is 0 Å². The van der Waals surface area contributed by atoms with E-state index in [0.717, 1.165) is 30.6 Å². The minimum absolute atomic E-state index is 0.168. The zero-order chi connectivity index (χ0) is 13.0. The van der Waals surface area contributed by atoms with Gasteiger partial charge in [0.2, 0.25) is 0 Å². The van der Waals surface area contributed by atoms with Crippen LogP contribution in [0.5, 0.6) is 0 Å². The lowest BCUT2D eigenvalue weighted by molar-refractivity contribution is 0.277. The summed E-state index contributed by atoms with van der Waals surface area (Å²) in [5, 5.41) is 17.3. The van der Waals surface area contributed by atoms with E-state index in [-0.39, 0.29) is 12.4 Å². The third kappa shape index (κ3) is 2.56. The molecule has 0 spiro atoms. The second-order valence-electron chi connectivity index (χ2n) is 4.13. The average Bonchev–Trinajstić information content (AvgIpc) is 2.80. The molecule has 1 N–H and O–H groups in total. The molecule has 1 aromatic heterocycles. The largest absolute Gasteiger partial charge is 0.390 e. The average molecular weight is 249 g/mol. The van der Waals surface area contributed by atoms with Crippen molar-refractivity contribution < 1.29 is 9.50 Å². The van der Waals surface area contributed by atoms with Gasteiger partial charge in [-0.2, -0.15) is 0 Å². The van der Waals surface area contributed by atoms with Crippen molar-refractivity contribution in [3.05, 3.63) is 35.8 Å². The zero-order valence-corrected chi connectivity index (χ0v) is 10.3. The van der Waals surface area contributed by atoms with E-state index < -0.39 is 0 Å². The van der Waals surface area contributed by atoms with E-state index in [1.54, 1.807) is 16.8 Å². The van der Waals surface area contributed by atoms with Crippen LogP contribution in [-0.2, 0) is 13.2 Å². The highest BCUT2D eigenvalue weighted by atomic mass is 19.1. The molecule has 2 rings (SSSR count). The smallest absolute Gasteiger partial charge is 0.123 e. The number of rotatable bonds is 5. The first-order valence-electron chi connectivity index (χ1n) is 6.05. The van der Waals surface area contributed by atoms with Crippen LogP contribution in [0.4, 0.5) is 4.39 Å². The van der Waals surface area contributed by atoms with Gasteiger partial charge in [0, 0.05) is 12.1 Å². The molecule has 0 saturated heterocycles. The monoisotopic (exact) mass is 249 g/mol. The number of hydrogen-bond acceptors (Lipinski definition) is 3. The van der Waals surface area contributed by atoms with Crippen LogP contribution in [0.2, 0.25) is 0 Å². The number of aryl methyl sites for hydroxylation is 1. The molecule has 0 radical (unpaired) electrons. The quantitative estimate of drug-likeness (QED) is 0.885. The highest BCUT2D eigenvalue weighted by molar-refractivity contribution is 5.61. The number of nitrogens with zero attached hydrogens (tertiary/aromatic N) is 3. The molecule has 0 bridgehead atoms.